The summed E-state index contributed by atoms with van der Waals surface area (Å²) >= 11 is 0. The van der Waals surface area contributed by atoms with E-state index < -0.39 is 0 Å². The van der Waals surface area contributed by atoms with Crippen LogP contribution in [0.2, 0.25) is 0 Å². The molecule has 2 aromatic rings. The fourth-order valence-electron chi connectivity index (χ4n) is 2.52. The molecule has 21 heavy (non-hydrogen) atoms. The topological polar surface area (TPSA) is 9.23 Å². The van der Waals surface area contributed by atoms with Gasteiger partial charge < -0.3 is 4.74 Å². The Kier molecular flexibility index (Phi) is 5.69. The van der Waals surface area contributed by atoms with Gasteiger partial charge in [-0.25, -0.2) is 0 Å². The maximum atomic E-state index is 5.98. The van der Waals surface area contributed by atoms with Crippen LogP contribution in [0.5, 0.6) is 5.75 Å². The molecule has 2 rings (SSSR count). The minimum Gasteiger partial charge on any atom is -0.493 e. The van der Waals surface area contributed by atoms with Gasteiger partial charge in [-0.1, -0.05) is 51.2 Å². The largest absolute Gasteiger partial charge is 0.493 e. The second kappa shape index (κ2) is 7.74. The number of rotatable bonds is 7. The quantitative estimate of drug-likeness (QED) is 0.616. The average Bonchev–Trinajstić information content (AvgIpc) is 2.54. The van der Waals surface area contributed by atoms with Gasteiger partial charge in [0, 0.05) is 5.56 Å². The van der Waals surface area contributed by atoms with Crippen LogP contribution in [0.4, 0.5) is 0 Å². The first-order valence-electron chi connectivity index (χ1n) is 7.90. The van der Waals surface area contributed by atoms with Gasteiger partial charge in [-0.2, -0.15) is 0 Å². The molecule has 0 heterocycles. The molecule has 1 nitrogen and oxygen atoms in total. The van der Waals surface area contributed by atoms with Crippen LogP contribution in [0.3, 0.4) is 0 Å². The predicted octanol–water partition coefficient (Wildman–Crippen LogP) is 5.42. The highest BCUT2D eigenvalue weighted by atomic mass is 16.5. The number of terminal acetylenes is 1. The summed E-state index contributed by atoms with van der Waals surface area (Å²) in [5.41, 5.74) is 0.918. The Balaban J connectivity index is 2.04. The molecule has 0 amide bonds. The van der Waals surface area contributed by atoms with Crippen molar-refractivity contribution in [3.8, 4) is 18.1 Å². The molecular weight excluding hydrogens is 256 g/mol. The van der Waals surface area contributed by atoms with Gasteiger partial charge in [-0.15, -0.1) is 6.42 Å². The molecule has 0 aliphatic heterocycles. The fourth-order valence-corrected chi connectivity index (χ4v) is 2.52. The van der Waals surface area contributed by atoms with Crippen molar-refractivity contribution in [3.63, 3.8) is 0 Å². The molecule has 0 bridgehead atoms. The lowest BCUT2D eigenvalue weighted by Gasteiger charge is -2.15. The zero-order chi connectivity index (χ0) is 15.1. The second-order valence-corrected chi connectivity index (χ2v) is 5.60. The highest BCUT2D eigenvalue weighted by Crippen LogP contribution is 2.23. The summed E-state index contributed by atoms with van der Waals surface area (Å²) in [5.74, 6) is 4.28. The molecule has 110 valence electrons. The van der Waals surface area contributed by atoms with Crippen LogP contribution in [0.25, 0.3) is 10.8 Å². The van der Waals surface area contributed by atoms with E-state index in [2.05, 4.69) is 38.0 Å². The number of hydrogen-bond donors (Lipinski definition) is 0. The van der Waals surface area contributed by atoms with Crippen LogP contribution >= 0.6 is 0 Å². The van der Waals surface area contributed by atoms with Crippen LogP contribution in [-0.4, -0.2) is 6.61 Å². The van der Waals surface area contributed by atoms with E-state index >= 15 is 0 Å². The van der Waals surface area contributed by atoms with Crippen LogP contribution in [0.1, 0.15) is 45.1 Å². The Bertz CT molecular complexity index is 621. The molecule has 0 N–H and O–H groups in total. The van der Waals surface area contributed by atoms with E-state index in [0.717, 1.165) is 23.3 Å². The summed E-state index contributed by atoms with van der Waals surface area (Å²) in [4.78, 5) is 0. The summed E-state index contributed by atoms with van der Waals surface area (Å²) in [6.07, 6.45) is 10.4. The monoisotopic (exact) mass is 280 g/mol. The Labute approximate surface area is 128 Å². The van der Waals surface area contributed by atoms with Gasteiger partial charge in [0.1, 0.15) is 5.75 Å². The maximum absolute atomic E-state index is 5.98. The molecule has 0 aromatic heterocycles. The van der Waals surface area contributed by atoms with E-state index in [1.54, 1.807) is 0 Å². The summed E-state index contributed by atoms with van der Waals surface area (Å²) in [7, 11) is 0. The van der Waals surface area contributed by atoms with Crippen LogP contribution in [0, 0.1) is 18.3 Å². The molecule has 1 atom stereocenters. The van der Waals surface area contributed by atoms with E-state index in [1.807, 2.05) is 18.2 Å². The van der Waals surface area contributed by atoms with Crippen LogP contribution in [0.15, 0.2) is 36.4 Å². The molecule has 0 radical (unpaired) electrons. The average molecular weight is 280 g/mol. The second-order valence-electron chi connectivity index (χ2n) is 5.60. The fraction of sp³-hybridized carbons (Fsp3) is 0.400. The van der Waals surface area contributed by atoms with Gasteiger partial charge in [-0.05, 0) is 47.4 Å². The highest BCUT2D eigenvalue weighted by molar-refractivity contribution is 5.85. The summed E-state index contributed by atoms with van der Waals surface area (Å²) in [6.45, 7) is 5.29. The van der Waals surface area contributed by atoms with Crippen molar-refractivity contribution in [2.24, 2.45) is 5.92 Å². The predicted molar refractivity (Wildman–Crippen MR) is 90.7 cm³/mol. The van der Waals surface area contributed by atoms with Crippen molar-refractivity contribution >= 4 is 10.8 Å². The standard InChI is InChI=1S/C20H24O/c1-4-7-8-17(6-3)15-21-20-12-11-18-13-16(5-2)9-10-19(18)14-20/h2,9-14,17H,4,6-8,15H2,1,3H3. The summed E-state index contributed by atoms with van der Waals surface area (Å²) in [5, 5.41) is 2.34. The van der Waals surface area contributed by atoms with Crippen molar-refractivity contribution in [2.45, 2.75) is 39.5 Å². The van der Waals surface area contributed by atoms with Crippen LogP contribution < -0.4 is 4.74 Å². The van der Waals surface area contributed by atoms with E-state index in [0.29, 0.717) is 5.92 Å². The first-order chi connectivity index (χ1) is 10.3. The Morgan fingerprint density at radius 3 is 2.57 bits per heavy atom. The van der Waals surface area contributed by atoms with Gasteiger partial charge in [0.2, 0.25) is 0 Å². The zero-order valence-electron chi connectivity index (χ0n) is 13.1. The molecular formula is C20H24O. The SMILES string of the molecule is C#Cc1ccc2cc(OCC(CC)CCCC)ccc2c1. The van der Waals surface area contributed by atoms with Crippen molar-refractivity contribution in [1.82, 2.24) is 0 Å². The lowest BCUT2D eigenvalue weighted by molar-refractivity contribution is 0.233. The first kappa shape index (κ1) is 15.4. The molecule has 1 heteroatoms. The molecule has 0 spiro atoms. The molecule has 2 aromatic carbocycles. The van der Waals surface area contributed by atoms with Crippen molar-refractivity contribution in [1.29, 1.82) is 0 Å². The third kappa shape index (κ3) is 4.26. The maximum Gasteiger partial charge on any atom is 0.119 e. The van der Waals surface area contributed by atoms with Gasteiger partial charge in [-0.3, -0.25) is 0 Å². The van der Waals surface area contributed by atoms with Crippen molar-refractivity contribution < 1.29 is 4.74 Å². The Morgan fingerprint density at radius 2 is 1.86 bits per heavy atom. The Hall–Kier alpha value is -1.94. The number of fused-ring (bicyclic) bond motifs is 1. The lowest BCUT2D eigenvalue weighted by Crippen LogP contribution is -2.11. The minimum absolute atomic E-state index is 0.657. The first-order valence-corrected chi connectivity index (χ1v) is 7.90. The Morgan fingerprint density at radius 1 is 1.10 bits per heavy atom. The van der Waals surface area contributed by atoms with Gasteiger partial charge in [0.15, 0.2) is 0 Å². The zero-order valence-corrected chi connectivity index (χ0v) is 13.1. The van der Waals surface area contributed by atoms with Crippen molar-refractivity contribution in [2.75, 3.05) is 6.61 Å². The third-order valence-electron chi connectivity index (χ3n) is 4.01. The normalized spacial score (nSPS) is 12.0. The van der Waals surface area contributed by atoms with Gasteiger partial charge in [0.25, 0.3) is 0 Å². The van der Waals surface area contributed by atoms with Gasteiger partial charge in [0.05, 0.1) is 6.61 Å². The highest BCUT2D eigenvalue weighted by Gasteiger charge is 2.07. The number of unbranched alkanes of at least 4 members (excludes halogenated alkanes) is 1. The molecule has 0 aliphatic rings. The molecule has 1 unspecified atom stereocenters. The van der Waals surface area contributed by atoms with Crippen molar-refractivity contribution in [3.05, 3.63) is 42.0 Å². The number of hydrogen-bond acceptors (Lipinski definition) is 1. The number of ether oxygens (including phenoxy) is 1. The number of benzene rings is 2. The van der Waals surface area contributed by atoms with E-state index in [-0.39, 0.29) is 0 Å². The minimum atomic E-state index is 0.657. The van der Waals surface area contributed by atoms with E-state index in [1.165, 1.54) is 31.1 Å². The molecule has 0 saturated carbocycles. The van der Waals surface area contributed by atoms with Crippen LogP contribution in [-0.2, 0) is 0 Å². The van der Waals surface area contributed by atoms with Gasteiger partial charge >= 0.3 is 0 Å². The third-order valence-corrected chi connectivity index (χ3v) is 4.01. The molecule has 0 saturated heterocycles. The molecule has 0 aliphatic carbocycles. The summed E-state index contributed by atoms with van der Waals surface area (Å²) < 4.78 is 5.98. The molecule has 0 fully saturated rings. The van der Waals surface area contributed by atoms with E-state index in [9.17, 15) is 0 Å². The summed E-state index contributed by atoms with van der Waals surface area (Å²) in [6, 6.07) is 12.3. The lowest BCUT2D eigenvalue weighted by atomic mass is 10.0. The van der Waals surface area contributed by atoms with E-state index in [4.69, 9.17) is 11.2 Å². The smallest absolute Gasteiger partial charge is 0.119 e.